The molecule has 158 valence electrons. The summed E-state index contributed by atoms with van der Waals surface area (Å²) in [6.07, 6.45) is 10.4. The van der Waals surface area contributed by atoms with E-state index < -0.39 is 5.41 Å². The Balaban J connectivity index is 1.57. The molecule has 0 spiro atoms. The van der Waals surface area contributed by atoms with Crippen molar-refractivity contribution in [2.24, 2.45) is 0 Å². The molecule has 0 atom stereocenters. The summed E-state index contributed by atoms with van der Waals surface area (Å²) in [7, 11) is 0. The zero-order chi connectivity index (χ0) is 21.8. The number of carbonyl (C=O) groups excluding carboxylic acids is 1. The molecule has 0 fully saturated rings. The number of benzene rings is 2. The number of pyridine rings is 2. The molecule has 4 heteroatoms. The Morgan fingerprint density at radius 2 is 1.28 bits per heavy atom. The lowest BCUT2D eigenvalue weighted by Gasteiger charge is -2.29. The normalized spacial score (nSPS) is 14.4. The van der Waals surface area contributed by atoms with E-state index in [0.717, 1.165) is 53.7 Å². The predicted octanol–water partition coefficient (Wildman–Crippen LogP) is 5.66. The van der Waals surface area contributed by atoms with E-state index in [1.54, 1.807) is 12.4 Å². The van der Waals surface area contributed by atoms with Crippen LogP contribution in [0, 0.1) is 0 Å². The molecule has 0 saturated heterocycles. The number of aryl methyl sites for hydroxylation is 2. The van der Waals surface area contributed by atoms with Crippen molar-refractivity contribution in [1.29, 1.82) is 0 Å². The second kappa shape index (κ2) is 8.75. The van der Waals surface area contributed by atoms with Gasteiger partial charge in [0, 0.05) is 30.5 Å². The molecule has 0 unspecified atom stereocenters. The summed E-state index contributed by atoms with van der Waals surface area (Å²) in [5.74, 6) is 0.151. The molecular weight excluding hydrogens is 394 g/mol. The van der Waals surface area contributed by atoms with Crippen molar-refractivity contribution in [2.45, 2.75) is 31.1 Å². The molecule has 1 amide bonds. The molecule has 3 heterocycles. The number of aromatic nitrogens is 2. The SMILES string of the molecule is O=C1N(c2ccccc2)c2ccccc2C1(CCc1cccnc1)CCc1cccnc1. The van der Waals surface area contributed by atoms with Crippen molar-refractivity contribution in [2.75, 3.05) is 4.90 Å². The van der Waals surface area contributed by atoms with Gasteiger partial charge in [-0.2, -0.15) is 0 Å². The molecule has 1 aliphatic rings. The summed E-state index contributed by atoms with van der Waals surface area (Å²) in [6, 6.07) is 26.3. The molecule has 4 nitrogen and oxygen atoms in total. The number of para-hydroxylation sites is 2. The Morgan fingerprint density at radius 1 is 0.688 bits per heavy atom. The van der Waals surface area contributed by atoms with E-state index in [0.29, 0.717) is 0 Å². The first-order valence-corrected chi connectivity index (χ1v) is 11.0. The van der Waals surface area contributed by atoms with Gasteiger partial charge < -0.3 is 0 Å². The highest BCUT2D eigenvalue weighted by molar-refractivity contribution is 6.13. The van der Waals surface area contributed by atoms with Crippen molar-refractivity contribution in [3.63, 3.8) is 0 Å². The maximum absolute atomic E-state index is 14.2. The first-order valence-electron chi connectivity index (χ1n) is 11.0. The van der Waals surface area contributed by atoms with Crippen LogP contribution >= 0.6 is 0 Å². The van der Waals surface area contributed by atoms with Crippen LogP contribution in [0.15, 0.2) is 104 Å². The van der Waals surface area contributed by atoms with Crippen molar-refractivity contribution in [1.82, 2.24) is 9.97 Å². The van der Waals surface area contributed by atoms with Gasteiger partial charge in [-0.3, -0.25) is 19.7 Å². The van der Waals surface area contributed by atoms with Crippen LogP contribution in [0.1, 0.15) is 29.5 Å². The average Bonchev–Trinajstić information content (AvgIpc) is 3.11. The average molecular weight is 420 g/mol. The number of anilines is 2. The maximum Gasteiger partial charge on any atom is 0.242 e. The molecular formula is C28H25N3O. The minimum absolute atomic E-state index is 0.151. The first-order chi connectivity index (χ1) is 15.8. The summed E-state index contributed by atoms with van der Waals surface area (Å²) < 4.78 is 0. The van der Waals surface area contributed by atoms with Gasteiger partial charge in [-0.25, -0.2) is 0 Å². The number of rotatable bonds is 7. The number of carbonyl (C=O) groups is 1. The van der Waals surface area contributed by atoms with Crippen LogP contribution in [-0.2, 0) is 23.1 Å². The van der Waals surface area contributed by atoms with E-state index in [1.165, 1.54) is 0 Å². The van der Waals surface area contributed by atoms with E-state index >= 15 is 0 Å². The van der Waals surface area contributed by atoms with Gasteiger partial charge in [0.25, 0.3) is 0 Å². The molecule has 1 aliphatic heterocycles. The summed E-state index contributed by atoms with van der Waals surface area (Å²) in [5.41, 5.74) is 4.71. The summed E-state index contributed by atoms with van der Waals surface area (Å²) in [6.45, 7) is 0. The number of hydrogen-bond donors (Lipinski definition) is 0. The molecule has 5 rings (SSSR count). The molecule has 0 N–H and O–H groups in total. The fourth-order valence-electron chi connectivity index (χ4n) is 4.76. The monoisotopic (exact) mass is 419 g/mol. The standard InChI is InChI=1S/C28H25N3O/c32-27-28(16-14-22-8-6-18-29-20-22,17-15-23-9-7-19-30-21-23)25-12-4-5-13-26(25)31(27)24-10-2-1-3-11-24/h1-13,18-21H,14-17H2. The number of nitrogens with zero attached hydrogens (tertiary/aromatic N) is 3. The lowest BCUT2D eigenvalue weighted by atomic mass is 9.73. The van der Waals surface area contributed by atoms with Gasteiger partial charge in [-0.15, -0.1) is 0 Å². The summed E-state index contributed by atoms with van der Waals surface area (Å²) >= 11 is 0. The largest absolute Gasteiger partial charge is 0.280 e. The molecule has 2 aromatic carbocycles. The van der Waals surface area contributed by atoms with Crippen LogP contribution in [0.3, 0.4) is 0 Å². The van der Waals surface area contributed by atoms with Gasteiger partial charge in [0.1, 0.15) is 0 Å². The van der Waals surface area contributed by atoms with Gasteiger partial charge in [0.2, 0.25) is 5.91 Å². The molecule has 0 radical (unpaired) electrons. The fraction of sp³-hybridized carbons (Fsp3) is 0.179. The maximum atomic E-state index is 14.2. The highest BCUT2D eigenvalue weighted by Gasteiger charge is 2.50. The number of hydrogen-bond acceptors (Lipinski definition) is 3. The number of amides is 1. The van der Waals surface area contributed by atoms with E-state index in [2.05, 4.69) is 34.2 Å². The minimum atomic E-state index is -0.599. The lowest BCUT2D eigenvalue weighted by Crippen LogP contribution is -2.39. The van der Waals surface area contributed by atoms with Gasteiger partial charge in [0.05, 0.1) is 11.1 Å². The third-order valence-electron chi connectivity index (χ3n) is 6.41. The van der Waals surface area contributed by atoms with Gasteiger partial charge in [-0.05, 0) is 72.7 Å². The van der Waals surface area contributed by atoms with E-state index in [4.69, 9.17) is 0 Å². The Bertz CT molecular complexity index is 1150. The zero-order valence-corrected chi connectivity index (χ0v) is 17.9. The molecule has 0 saturated carbocycles. The van der Waals surface area contributed by atoms with E-state index in [-0.39, 0.29) is 5.91 Å². The summed E-state index contributed by atoms with van der Waals surface area (Å²) in [4.78, 5) is 24.7. The van der Waals surface area contributed by atoms with Crippen molar-refractivity contribution in [3.8, 4) is 0 Å². The van der Waals surface area contributed by atoms with Crippen molar-refractivity contribution in [3.05, 3.63) is 120 Å². The van der Waals surface area contributed by atoms with Gasteiger partial charge in [0.15, 0.2) is 0 Å². The third-order valence-corrected chi connectivity index (χ3v) is 6.41. The van der Waals surface area contributed by atoms with Crippen LogP contribution in [0.2, 0.25) is 0 Å². The summed E-state index contributed by atoms with van der Waals surface area (Å²) in [5, 5.41) is 0. The lowest BCUT2D eigenvalue weighted by molar-refractivity contribution is -0.123. The second-order valence-electron chi connectivity index (χ2n) is 8.30. The van der Waals surface area contributed by atoms with Gasteiger partial charge in [-0.1, -0.05) is 48.5 Å². The second-order valence-corrected chi connectivity index (χ2v) is 8.30. The molecule has 0 aliphatic carbocycles. The molecule has 2 aromatic heterocycles. The number of fused-ring (bicyclic) bond motifs is 1. The van der Waals surface area contributed by atoms with Crippen LogP contribution in [0.25, 0.3) is 0 Å². The van der Waals surface area contributed by atoms with E-state index in [1.807, 2.05) is 71.9 Å². The Hall–Kier alpha value is -3.79. The minimum Gasteiger partial charge on any atom is -0.280 e. The highest BCUT2D eigenvalue weighted by atomic mass is 16.2. The van der Waals surface area contributed by atoms with Crippen molar-refractivity contribution < 1.29 is 4.79 Å². The third kappa shape index (κ3) is 3.69. The first kappa shape index (κ1) is 20.1. The Kier molecular flexibility index (Phi) is 5.51. The Morgan fingerprint density at radius 3 is 1.88 bits per heavy atom. The topological polar surface area (TPSA) is 46.1 Å². The van der Waals surface area contributed by atoms with E-state index in [9.17, 15) is 4.79 Å². The molecule has 4 aromatic rings. The van der Waals surface area contributed by atoms with Crippen molar-refractivity contribution >= 4 is 17.3 Å². The fourth-order valence-corrected chi connectivity index (χ4v) is 4.76. The van der Waals surface area contributed by atoms with Gasteiger partial charge >= 0.3 is 0 Å². The molecule has 32 heavy (non-hydrogen) atoms. The van der Waals surface area contributed by atoms with Crippen LogP contribution in [0.4, 0.5) is 11.4 Å². The van der Waals surface area contributed by atoms with Crippen LogP contribution in [0.5, 0.6) is 0 Å². The molecule has 0 bridgehead atoms. The predicted molar refractivity (Wildman–Crippen MR) is 127 cm³/mol. The van der Waals surface area contributed by atoms with Crippen LogP contribution < -0.4 is 4.90 Å². The smallest absolute Gasteiger partial charge is 0.242 e. The Labute approximate surface area is 188 Å². The van der Waals surface area contributed by atoms with Crippen LogP contribution in [-0.4, -0.2) is 15.9 Å². The quantitative estimate of drug-likeness (QED) is 0.388. The zero-order valence-electron chi connectivity index (χ0n) is 17.9. The highest BCUT2D eigenvalue weighted by Crippen LogP contribution is 2.50.